The maximum atomic E-state index is 14.5. The smallest absolute Gasteiger partial charge is 0.270 e. The molecule has 0 aliphatic heterocycles. The van der Waals surface area contributed by atoms with Crippen molar-refractivity contribution in [2.45, 2.75) is 31.7 Å². The minimum atomic E-state index is -0.627. The number of amides is 2. The molecule has 1 saturated carbocycles. The van der Waals surface area contributed by atoms with Crippen LogP contribution < -0.4 is 15.4 Å². The minimum Gasteiger partial charge on any atom is -0.496 e. The van der Waals surface area contributed by atoms with Crippen LogP contribution in [0.5, 0.6) is 5.75 Å². The number of anilines is 1. The molecule has 0 bridgehead atoms. The normalized spacial score (nSPS) is 17.6. The quantitative estimate of drug-likeness (QED) is 0.563. The molecule has 2 N–H and O–H groups in total. The molecular weight excluding hydrogens is 442 g/mol. The number of nitrogens with zero attached hydrogens (tertiary/aromatic N) is 2. The van der Waals surface area contributed by atoms with Crippen LogP contribution in [0.4, 0.5) is 14.6 Å². The number of pyridine rings is 2. The fourth-order valence-electron chi connectivity index (χ4n) is 4.14. The molecule has 3 aromatic rings. The predicted molar refractivity (Wildman–Crippen MR) is 122 cm³/mol. The summed E-state index contributed by atoms with van der Waals surface area (Å²) in [6.45, 7) is 0. The number of nitrogens with one attached hydrogen (secondary N) is 2. The topological polar surface area (TPSA) is 93.2 Å². The highest BCUT2D eigenvalue weighted by Gasteiger charge is 2.29. The number of benzene rings is 1. The van der Waals surface area contributed by atoms with Gasteiger partial charge in [-0.3, -0.25) is 14.6 Å². The Hall–Kier alpha value is -3.88. The van der Waals surface area contributed by atoms with E-state index in [1.54, 1.807) is 24.4 Å². The van der Waals surface area contributed by atoms with Gasteiger partial charge in [0.2, 0.25) is 5.91 Å². The summed E-state index contributed by atoms with van der Waals surface area (Å²) in [6, 6.07) is 10.1. The molecule has 2 amide bonds. The summed E-state index contributed by atoms with van der Waals surface area (Å²) in [5.41, 5.74) is 0.800. The molecule has 0 saturated heterocycles. The van der Waals surface area contributed by atoms with Crippen molar-refractivity contribution in [1.29, 1.82) is 0 Å². The van der Waals surface area contributed by atoms with Crippen LogP contribution in [0.25, 0.3) is 11.1 Å². The lowest BCUT2D eigenvalue weighted by Gasteiger charge is -2.28. The number of methoxy groups -OCH3 is 1. The van der Waals surface area contributed by atoms with E-state index in [2.05, 4.69) is 20.6 Å². The molecule has 176 valence electrons. The van der Waals surface area contributed by atoms with Crippen LogP contribution in [-0.4, -0.2) is 34.9 Å². The molecule has 9 heteroatoms. The lowest BCUT2D eigenvalue weighted by Crippen LogP contribution is -2.41. The Morgan fingerprint density at radius 1 is 1.06 bits per heavy atom. The van der Waals surface area contributed by atoms with Gasteiger partial charge in [-0.25, -0.2) is 13.8 Å². The zero-order valence-electron chi connectivity index (χ0n) is 18.6. The molecular formula is C25H24F2N4O3. The number of hydrogen-bond donors (Lipinski definition) is 2. The average Bonchev–Trinajstić information content (AvgIpc) is 2.86. The second-order valence-electron chi connectivity index (χ2n) is 8.13. The molecule has 1 fully saturated rings. The maximum absolute atomic E-state index is 14.5. The summed E-state index contributed by atoms with van der Waals surface area (Å²) in [5, 5.41) is 5.69. The van der Waals surface area contributed by atoms with E-state index >= 15 is 0 Å². The van der Waals surface area contributed by atoms with Crippen LogP contribution in [0.3, 0.4) is 0 Å². The largest absolute Gasteiger partial charge is 0.496 e. The molecule has 0 radical (unpaired) electrons. The van der Waals surface area contributed by atoms with Crippen molar-refractivity contribution in [2.24, 2.45) is 5.92 Å². The van der Waals surface area contributed by atoms with E-state index in [9.17, 15) is 18.4 Å². The van der Waals surface area contributed by atoms with Crippen molar-refractivity contribution in [3.63, 3.8) is 0 Å². The second kappa shape index (κ2) is 10.4. The number of aromatic nitrogens is 2. The number of rotatable bonds is 6. The van der Waals surface area contributed by atoms with Gasteiger partial charge < -0.3 is 15.4 Å². The third-order valence-corrected chi connectivity index (χ3v) is 5.84. The number of halogens is 2. The molecule has 2 atom stereocenters. The summed E-state index contributed by atoms with van der Waals surface area (Å²) in [4.78, 5) is 33.4. The molecule has 4 rings (SSSR count). The average molecular weight is 466 g/mol. The van der Waals surface area contributed by atoms with E-state index in [4.69, 9.17) is 4.74 Å². The van der Waals surface area contributed by atoms with Crippen LogP contribution in [0.15, 0.2) is 54.9 Å². The highest BCUT2D eigenvalue weighted by Crippen LogP contribution is 2.33. The van der Waals surface area contributed by atoms with Crippen LogP contribution in [0, 0.1) is 17.6 Å². The Balaban J connectivity index is 1.44. The first-order chi connectivity index (χ1) is 16.4. The maximum Gasteiger partial charge on any atom is 0.270 e. The molecule has 1 aliphatic rings. The molecule has 1 aromatic carbocycles. The van der Waals surface area contributed by atoms with Gasteiger partial charge in [0.15, 0.2) is 0 Å². The van der Waals surface area contributed by atoms with Crippen molar-refractivity contribution in [1.82, 2.24) is 15.3 Å². The third kappa shape index (κ3) is 5.36. The highest BCUT2D eigenvalue weighted by molar-refractivity contribution is 5.93. The second-order valence-corrected chi connectivity index (χ2v) is 8.13. The lowest BCUT2D eigenvalue weighted by atomic mass is 9.85. The molecule has 34 heavy (non-hydrogen) atoms. The van der Waals surface area contributed by atoms with Crippen molar-refractivity contribution in [3.8, 4) is 16.9 Å². The number of hydrogen-bond acceptors (Lipinski definition) is 5. The van der Waals surface area contributed by atoms with E-state index in [1.807, 2.05) is 0 Å². The Morgan fingerprint density at radius 2 is 1.91 bits per heavy atom. The van der Waals surface area contributed by atoms with Crippen LogP contribution in [-0.2, 0) is 4.79 Å². The first kappa shape index (κ1) is 23.3. The zero-order valence-corrected chi connectivity index (χ0v) is 18.6. The van der Waals surface area contributed by atoms with Gasteiger partial charge in [-0.05, 0) is 49.6 Å². The molecule has 7 nitrogen and oxygen atoms in total. The first-order valence-corrected chi connectivity index (χ1v) is 11.0. The zero-order chi connectivity index (χ0) is 24.1. The van der Waals surface area contributed by atoms with Gasteiger partial charge in [-0.1, -0.05) is 12.5 Å². The van der Waals surface area contributed by atoms with Gasteiger partial charge in [-0.15, -0.1) is 0 Å². The fourth-order valence-corrected chi connectivity index (χ4v) is 4.14. The van der Waals surface area contributed by atoms with Crippen LogP contribution >= 0.6 is 0 Å². The number of carbonyl (C=O) groups is 2. The van der Waals surface area contributed by atoms with Crippen molar-refractivity contribution >= 4 is 17.6 Å². The van der Waals surface area contributed by atoms with Crippen molar-refractivity contribution in [2.75, 3.05) is 12.4 Å². The summed E-state index contributed by atoms with van der Waals surface area (Å²) in [5.74, 6) is -1.66. The lowest BCUT2D eigenvalue weighted by molar-refractivity contribution is -0.121. The molecule has 1 aliphatic carbocycles. The Kier molecular flexibility index (Phi) is 7.10. The van der Waals surface area contributed by atoms with Crippen molar-refractivity contribution < 1.29 is 23.1 Å². The van der Waals surface area contributed by atoms with Gasteiger partial charge in [0.05, 0.1) is 13.3 Å². The Labute approximate surface area is 195 Å². The minimum absolute atomic E-state index is 0.131. The van der Waals surface area contributed by atoms with Gasteiger partial charge in [0, 0.05) is 35.3 Å². The third-order valence-electron chi connectivity index (χ3n) is 5.84. The van der Waals surface area contributed by atoms with E-state index < -0.39 is 11.6 Å². The molecule has 0 spiro atoms. The number of ether oxygens (including phenoxy) is 1. The monoisotopic (exact) mass is 466 g/mol. The molecule has 2 heterocycles. The number of carbonyl (C=O) groups excluding carboxylic acids is 2. The summed E-state index contributed by atoms with van der Waals surface area (Å²) >= 11 is 0. The summed E-state index contributed by atoms with van der Waals surface area (Å²) in [6.07, 6.45) is 5.25. The first-order valence-electron chi connectivity index (χ1n) is 11.0. The Bertz CT molecular complexity index is 1190. The molecule has 2 aromatic heterocycles. The highest BCUT2D eigenvalue weighted by atomic mass is 19.1. The summed E-state index contributed by atoms with van der Waals surface area (Å²) < 4.78 is 33.2. The van der Waals surface area contributed by atoms with Gasteiger partial charge in [0.1, 0.15) is 28.9 Å². The van der Waals surface area contributed by atoms with E-state index in [-0.39, 0.29) is 40.9 Å². The molecule has 0 unspecified atom stereocenters. The van der Waals surface area contributed by atoms with Crippen LogP contribution in [0.1, 0.15) is 36.2 Å². The van der Waals surface area contributed by atoms with E-state index in [0.29, 0.717) is 24.1 Å². The summed E-state index contributed by atoms with van der Waals surface area (Å²) in [7, 11) is 1.37. The van der Waals surface area contributed by atoms with Crippen molar-refractivity contribution in [3.05, 3.63) is 72.2 Å². The van der Waals surface area contributed by atoms with Gasteiger partial charge in [-0.2, -0.15) is 0 Å². The van der Waals surface area contributed by atoms with E-state index in [1.165, 1.54) is 25.3 Å². The van der Waals surface area contributed by atoms with Gasteiger partial charge >= 0.3 is 0 Å². The SMILES string of the molecule is COc1cc(F)ccc1-c1cc(NC(=O)[C@H]2CCC[C@@H](NC(=O)c3ccccn3)C2)ncc1F. The fraction of sp³-hybridized carbons (Fsp3) is 0.280. The van der Waals surface area contributed by atoms with E-state index in [0.717, 1.165) is 25.1 Å². The predicted octanol–water partition coefficient (Wildman–Crippen LogP) is 4.36. The van der Waals surface area contributed by atoms with Gasteiger partial charge in [0.25, 0.3) is 5.91 Å². The Morgan fingerprint density at radius 3 is 2.68 bits per heavy atom. The van der Waals surface area contributed by atoms with Crippen LogP contribution in [0.2, 0.25) is 0 Å². The standard InChI is InChI=1S/C25H24F2N4O3/c1-34-22-12-16(26)8-9-18(22)19-13-23(29-14-20(19)27)31-24(32)15-5-4-6-17(11-15)30-25(33)21-7-2-3-10-28-21/h2-3,7-10,12-15,17H,4-6,11H2,1H3,(H,30,33)(H,29,31,32)/t15-,17+/m0/s1.